The normalized spacial score (nSPS) is 20.0. The molecule has 172 valence electrons. The van der Waals surface area contributed by atoms with Gasteiger partial charge in [0.25, 0.3) is 5.56 Å². The van der Waals surface area contributed by atoms with Crippen molar-refractivity contribution in [2.24, 2.45) is 11.3 Å². The molecule has 33 heavy (non-hydrogen) atoms. The number of piperidine rings is 1. The van der Waals surface area contributed by atoms with Crippen LogP contribution in [0.5, 0.6) is 0 Å². The summed E-state index contributed by atoms with van der Waals surface area (Å²) in [6.45, 7) is 5.48. The number of thiophene rings is 1. The third-order valence-corrected chi connectivity index (χ3v) is 8.06. The monoisotopic (exact) mass is 464 g/mol. The van der Waals surface area contributed by atoms with Crippen molar-refractivity contribution in [2.45, 2.75) is 45.6 Å². The van der Waals surface area contributed by atoms with Gasteiger partial charge < -0.3 is 14.6 Å². The fourth-order valence-corrected chi connectivity index (χ4v) is 6.52. The van der Waals surface area contributed by atoms with Crippen LogP contribution in [-0.2, 0) is 16.1 Å². The smallest absolute Gasteiger partial charge is 0.303 e. The fourth-order valence-electron chi connectivity index (χ4n) is 5.44. The molecular formula is C26H28N2O4S. The summed E-state index contributed by atoms with van der Waals surface area (Å²) in [6.07, 6.45) is 1.17. The summed E-state index contributed by atoms with van der Waals surface area (Å²) in [5.74, 6) is -0.508. The predicted molar refractivity (Wildman–Crippen MR) is 130 cm³/mol. The zero-order valence-corrected chi connectivity index (χ0v) is 19.7. The summed E-state index contributed by atoms with van der Waals surface area (Å²) in [4.78, 5) is 40.5. The van der Waals surface area contributed by atoms with E-state index in [2.05, 4.69) is 24.3 Å². The van der Waals surface area contributed by atoms with Gasteiger partial charge in [-0.05, 0) is 47.4 Å². The van der Waals surface area contributed by atoms with Crippen LogP contribution >= 0.6 is 11.3 Å². The molecule has 1 amide bonds. The molecule has 0 unspecified atom stereocenters. The molecule has 1 N–H and O–H groups in total. The van der Waals surface area contributed by atoms with Crippen LogP contribution in [0.3, 0.4) is 0 Å². The SMILES string of the molecule is CC(C)(CC(=O)O)CC(=O)N1C[C@H]2C[C@H](C1)c1ccc(-c3cc4ccccc4s3)c(=O)n1C2. The Morgan fingerprint density at radius 2 is 1.88 bits per heavy atom. The minimum absolute atomic E-state index is 0.00800. The third kappa shape index (κ3) is 4.22. The van der Waals surface area contributed by atoms with E-state index < -0.39 is 11.4 Å². The van der Waals surface area contributed by atoms with Gasteiger partial charge in [0.15, 0.2) is 0 Å². The average Bonchev–Trinajstić information content (AvgIpc) is 3.17. The number of hydrogen-bond donors (Lipinski definition) is 1. The molecule has 0 spiro atoms. The maximum Gasteiger partial charge on any atom is 0.303 e. The second-order valence-electron chi connectivity index (χ2n) is 10.2. The first-order valence-electron chi connectivity index (χ1n) is 11.4. The number of aromatic nitrogens is 1. The van der Waals surface area contributed by atoms with Gasteiger partial charge in [0.05, 0.1) is 12.0 Å². The van der Waals surface area contributed by atoms with Gasteiger partial charge in [-0.3, -0.25) is 14.4 Å². The number of benzene rings is 1. The fraction of sp³-hybridized carbons (Fsp3) is 0.423. The molecule has 0 saturated carbocycles. The summed E-state index contributed by atoms with van der Waals surface area (Å²) in [5.41, 5.74) is 1.21. The lowest BCUT2D eigenvalue weighted by Gasteiger charge is -2.43. The molecule has 2 bridgehead atoms. The zero-order chi connectivity index (χ0) is 23.3. The summed E-state index contributed by atoms with van der Waals surface area (Å²) < 4.78 is 3.10. The summed E-state index contributed by atoms with van der Waals surface area (Å²) in [5, 5.41) is 10.3. The molecule has 1 aromatic carbocycles. The second-order valence-corrected chi connectivity index (χ2v) is 11.3. The van der Waals surface area contributed by atoms with Crippen molar-refractivity contribution in [1.82, 2.24) is 9.47 Å². The van der Waals surface area contributed by atoms with Crippen molar-refractivity contribution in [3.63, 3.8) is 0 Å². The molecule has 7 heteroatoms. The van der Waals surface area contributed by atoms with Crippen molar-refractivity contribution in [3.8, 4) is 10.4 Å². The Morgan fingerprint density at radius 1 is 1.09 bits per heavy atom. The van der Waals surface area contributed by atoms with E-state index in [0.29, 0.717) is 19.6 Å². The van der Waals surface area contributed by atoms with Crippen molar-refractivity contribution >= 4 is 33.3 Å². The van der Waals surface area contributed by atoms with Crippen molar-refractivity contribution in [2.75, 3.05) is 13.1 Å². The number of hydrogen-bond acceptors (Lipinski definition) is 4. The molecule has 5 rings (SSSR count). The number of amides is 1. The van der Waals surface area contributed by atoms with Gasteiger partial charge in [-0.25, -0.2) is 0 Å². The Hall–Kier alpha value is -2.93. The predicted octanol–water partition coefficient (Wildman–Crippen LogP) is 4.57. The largest absolute Gasteiger partial charge is 0.481 e. The highest BCUT2D eigenvalue weighted by Gasteiger charge is 2.38. The maximum atomic E-state index is 13.5. The number of carboxylic acid groups (broad SMARTS) is 1. The summed E-state index contributed by atoms with van der Waals surface area (Å²) in [6, 6.07) is 14.3. The Kier molecular flexibility index (Phi) is 5.40. The number of pyridine rings is 1. The van der Waals surface area contributed by atoms with E-state index in [9.17, 15) is 14.4 Å². The zero-order valence-electron chi connectivity index (χ0n) is 18.9. The molecule has 2 aliphatic heterocycles. The van der Waals surface area contributed by atoms with E-state index in [0.717, 1.165) is 27.9 Å². The second kappa shape index (κ2) is 8.13. The third-order valence-electron chi connectivity index (χ3n) is 6.91. The van der Waals surface area contributed by atoms with Crippen LogP contribution in [0, 0.1) is 11.3 Å². The molecule has 2 atom stereocenters. The molecule has 0 radical (unpaired) electrons. The maximum absolute atomic E-state index is 13.5. The van der Waals surface area contributed by atoms with Crippen LogP contribution in [-0.4, -0.2) is 39.5 Å². The number of likely N-dealkylation sites (tertiary alicyclic amines) is 1. The van der Waals surface area contributed by atoms with Gasteiger partial charge in [0.1, 0.15) is 0 Å². The minimum Gasteiger partial charge on any atom is -0.481 e. The molecular weight excluding hydrogens is 436 g/mol. The van der Waals surface area contributed by atoms with Gasteiger partial charge >= 0.3 is 5.97 Å². The van der Waals surface area contributed by atoms with E-state index in [-0.39, 0.29) is 36.1 Å². The average molecular weight is 465 g/mol. The standard InChI is InChI=1S/C26H28N2O4S/c1-26(2,12-24(30)31)11-23(29)27-13-16-9-18(15-27)20-8-7-19(25(32)28(20)14-16)22-10-17-5-3-4-6-21(17)33-22/h3-8,10,16,18H,9,11-15H2,1-2H3,(H,30,31)/t16-,18-/m1/s1. The summed E-state index contributed by atoms with van der Waals surface area (Å²) >= 11 is 1.64. The van der Waals surface area contributed by atoms with Crippen LogP contribution in [0.2, 0.25) is 0 Å². The van der Waals surface area contributed by atoms with Gasteiger partial charge in [-0.2, -0.15) is 0 Å². The van der Waals surface area contributed by atoms with Crippen LogP contribution in [0.4, 0.5) is 0 Å². The Labute approximate surface area is 196 Å². The molecule has 6 nitrogen and oxygen atoms in total. The van der Waals surface area contributed by atoms with Gasteiger partial charge in [0, 0.05) is 47.2 Å². The first-order valence-corrected chi connectivity index (χ1v) is 12.2. The van der Waals surface area contributed by atoms with Crippen molar-refractivity contribution in [1.29, 1.82) is 0 Å². The lowest BCUT2D eigenvalue weighted by Crippen LogP contribution is -2.50. The van der Waals surface area contributed by atoms with E-state index in [4.69, 9.17) is 5.11 Å². The molecule has 1 fully saturated rings. The first-order chi connectivity index (χ1) is 15.7. The van der Waals surface area contributed by atoms with Crippen molar-refractivity contribution < 1.29 is 14.7 Å². The van der Waals surface area contributed by atoms with E-state index >= 15 is 0 Å². The highest BCUT2D eigenvalue weighted by molar-refractivity contribution is 7.22. The molecule has 4 heterocycles. The van der Waals surface area contributed by atoms with E-state index in [1.54, 1.807) is 11.3 Å². The summed E-state index contributed by atoms with van der Waals surface area (Å²) in [7, 11) is 0. The highest BCUT2D eigenvalue weighted by atomic mass is 32.1. The molecule has 0 aliphatic carbocycles. The quantitative estimate of drug-likeness (QED) is 0.600. The number of nitrogens with zero attached hydrogens (tertiary/aromatic N) is 2. The van der Waals surface area contributed by atoms with Crippen LogP contribution in [0.15, 0.2) is 47.3 Å². The number of aliphatic carboxylic acids is 1. The number of rotatable bonds is 5. The van der Waals surface area contributed by atoms with Gasteiger partial charge in [-0.15, -0.1) is 11.3 Å². The van der Waals surface area contributed by atoms with Crippen LogP contribution in [0.1, 0.15) is 44.7 Å². The van der Waals surface area contributed by atoms with Gasteiger partial charge in [-0.1, -0.05) is 32.0 Å². The number of fused-ring (bicyclic) bond motifs is 5. The number of carbonyl (C=O) groups excluding carboxylic acids is 1. The topological polar surface area (TPSA) is 79.6 Å². The van der Waals surface area contributed by atoms with Crippen LogP contribution in [0.25, 0.3) is 20.5 Å². The molecule has 2 aromatic heterocycles. The van der Waals surface area contributed by atoms with Crippen molar-refractivity contribution in [3.05, 3.63) is 58.5 Å². The van der Waals surface area contributed by atoms with Gasteiger partial charge in [0.2, 0.25) is 5.91 Å². The first kappa shape index (κ1) is 21.9. The number of carbonyl (C=O) groups is 2. The number of carboxylic acids is 1. The molecule has 1 saturated heterocycles. The lowest BCUT2D eigenvalue weighted by atomic mass is 9.81. The lowest BCUT2D eigenvalue weighted by molar-refractivity contribution is -0.141. The molecule has 3 aromatic rings. The molecule has 2 aliphatic rings. The Morgan fingerprint density at radius 3 is 2.64 bits per heavy atom. The Balaban J connectivity index is 1.40. The minimum atomic E-state index is -0.883. The van der Waals surface area contributed by atoms with Crippen LogP contribution < -0.4 is 5.56 Å². The Bertz CT molecular complexity index is 1270. The van der Waals surface area contributed by atoms with E-state index in [1.165, 1.54) is 4.70 Å². The van der Waals surface area contributed by atoms with E-state index in [1.807, 2.05) is 41.5 Å². The highest BCUT2D eigenvalue weighted by Crippen LogP contribution is 2.38.